The number of aromatic nitrogens is 2. The first-order chi connectivity index (χ1) is 11.7. The summed E-state index contributed by atoms with van der Waals surface area (Å²) in [4.78, 5) is 15.1. The summed E-state index contributed by atoms with van der Waals surface area (Å²) in [6.45, 7) is 5.28. The van der Waals surface area contributed by atoms with Crippen LogP contribution in [0.25, 0.3) is 0 Å². The second-order valence-corrected chi connectivity index (χ2v) is 7.37. The number of thioether (sulfide) groups is 1. The van der Waals surface area contributed by atoms with Crippen LogP contribution in [0.4, 0.5) is 5.95 Å². The van der Waals surface area contributed by atoms with Crippen molar-refractivity contribution < 1.29 is 0 Å². The quantitative estimate of drug-likeness (QED) is 0.775. The minimum Gasteiger partial charge on any atom is -0.340 e. The Morgan fingerprint density at radius 3 is 2.75 bits per heavy atom. The van der Waals surface area contributed by atoms with E-state index < -0.39 is 0 Å². The molecule has 0 N–H and O–H groups in total. The van der Waals surface area contributed by atoms with E-state index in [-0.39, 0.29) is 0 Å². The SMILES string of the molecule is CSc1ccc(CN2CCCC(N(C)c3nccc(C)n3)C2)cc1. The molecule has 1 saturated heterocycles. The smallest absolute Gasteiger partial charge is 0.225 e. The van der Waals surface area contributed by atoms with Gasteiger partial charge in [-0.05, 0) is 56.3 Å². The highest BCUT2D eigenvalue weighted by molar-refractivity contribution is 7.98. The molecule has 0 amide bonds. The predicted octanol–water partition coefficient (Wildman–Crippen LogP) is 3.61. The molecule has 5 heteroatoms. The van der Waals surface area contributed by atoms with Gasteiger partial charge in [0.2, 0.25) is 5.95 Å². The third kappa shape index (κ3) is 4.28. The van der Waals surface area contributed by atoms with Crippen molar-refractivity contribution in [3.8, 4) is 0 Å². The average Bonchev–Trinajstić information content (AvgIpc) is 2.62. The molecule has 1 atom stereocenters. The molecule has 0 radical (unpaired) electrons. The number of benzene rings is 1. The number of likely N-dealkylation sites (N-methyl/N-ethyl adjacent to an activating group) is 1. The third-order valence-corrected chi connectivity index (χ3v) is 5.43. The van der Waals surface area contributed by atoms with E-state index in [0.717, 1.165) is 24.7 Å². The largest absolute Gasteiger partial charge is 0.340 e. The molecule has 1 aromatic heterocycles. The molecule has 0 saturated carbocycles. The predicted molar refractivity (Wildman–Crippen MR) is 102 cm³/mol. The minimum atomic E-state index is 0.478. The van der Waals surface area contributed by atoms with Crippen molar-refractivity contribution in [1.29, 1.82) is 0 Å². The fourth-order valence-electron chi connectivity index (χ4n) is 3.25. The van der Waals surface area contributed by atoms with Crippen LogP contribution in [0.5, 0.6) is 0 Å². The van der Waals surface area contributed by atoms with E-state index in [9.17, 15) is 0 Å². The number of likely N-dealkylation sites (tertiary alicyclic amines) is 1. The topological polar surface area (TPSA) is 32.3 Å². The number of piperidine rings is 1. The summed E-state index contributed by atoms with van der Waals surface area (Å²) in [5.74, 6) is 0.839. The first-order valence-corrected chi connectivity index (χ1v) is 9.76. The van der Waals surface area contributed by atoms with Gasteiger partial charge in [-0.2, -0.15) is 0 Å². The lowest BCUT2D eigenvalue weighted by Gasteiger charge is -2.37. The average molecular weight is 343 g/mol. The van der Waals surface area contributed by atoms with Crippen molar-refractivity contribution in [2.75, 3.05) is 31.3 Å². The van der Waals surface area contributed by atoms with E-state index in [4.69, 9.17) is 0 Å². The number of hydrogen-bond acceptors (Lipinski definition) is 5. The Balaban J connectivity index is 1.63. The van der Waals surface area contributed by atoms with Gasteiger partial charge in [0.1, 0.15) is 0 Å². The maximum atomic E-state index is 4.57. The van der Waals surface area contributed by atoms with Gasteiger partial charge in [-0.25, -0.2) is 9.97 Å². The zero-order chi connectivity index (χ0) is 16.9. The van der Waals surface area contributed by atoms with Gasteiger partial charge < -0.3 is 4.90 Å². The molecule has 1 unspecified atom stereocenters. The van der Waals surface area contributed by atoms with Gasteiger partial charge in [0.05, 0.1) is 0 Å². The molecule has 4 nitrogen and oxygen atoms in total. The second-order valence-electron chi connectivity index (χ2n) is 6.49. The van der Waals surface area contributed by atoms with Crippen LogP contribution >= 0.6 is 11.8 Å². The monoisotopic (exact) mass is 342 g/mol. The second kappa shape index (κ2) is 7.99. The van der Waals surface area contributed by atoms with Gasteiger partial charge in [-0.15, -0.1) is 11.8 Å². The van der Waals surface area contributed by atoms with Crippen LogP contribution in [-0.2, 0) is 6.54 Å². The first kappa shape index (κ1) is 17.2. The highest BCUT2D eigenvalue weighted by Crippen LogP contribution is 2.21. The summed E-state index contributed by atoms with van der Waals surface area (Å²) >= 11 is 1.79. The van der Waals surface area contributed by atoms with Crippen LogP contribution in [0.15, 0.2) is 41.4 Å². The number of aryl methyl sites for hydroxylation is 1. The normalized spacial score (nSPS) is 18.5. The molecule has 1 aromatic carbocycles. The van der Waals surface area contributed by atoms with Gasteiger partial charge in [-0.3, -0.25) is 4.90 Å². The molecule has 0 bridgehead atoms. The molecular formula is C19H26N4S. The van der Waals surface area contributed by atoms with Gasteiger partial charge >= 0.3 is 0 Å². The van der Waals surface area contributed by atoms with Crippen molar-refractivity contribution in [3.05, 3.63) is 47.8 Å². The highest BCUT2D eigenvalue weighted by atomic mass is 32.2. The molecule has 1 fully saturated rings. The molecule has 1 aliphatic heterocycles. The molecule has 24 heavy (non-hydrogen) atoms. The molecular weight excluding hydrogens is 316 g/mol. The number of nitrogens with zero attached hydrogens (tertiary/aromatic N) is 4. The standard InChI is InChI=1S/C19H26N4S/c1-15-10-11-20-19(21-15)22(2)17-5-4-12-23(14-17)13-16-6-8-18(24-3)9-7-16/h6-11,17H,4-5,12-14H2,1-3H3. The van der Waals surface area contributed by atoms with Gasteiger partial charge in [0.25, 0.3) is 0 Å². The minimum absolute atomic E-state index is 0.478. The van der Waals surface area contributed by atoms with Gasteiger partial charge in [0, 0.05) is 43.0 Å². The van der Waals surface area contributed by atoms with Crippen LogP contribution in [0, 0.1) is 6.92 Å². The number of hydrogen-bond donors (Lipinski definition) is 0. The van der Waals surface area contributed by atoms with E-state index in [1.165, 1.54) is 29.8 Å². The number of anilines is 1. The molecule has 2 aromatic rings. The summed E-state index contributed by atoms with van der Waals surface area (Å²) in [7, 11) is 2.12. The molecule has 0 spiro atoms. The summed E-state index contributed by atoms with van der Waals surface area (Å²) < 4.78 is 0. The van der Waals surface area contributed by atoms with E-state index >= 15 is 0 Å². The zero-order valence-corrected chi connectivity index (χ0v) is 15.6. The Labute approximate surface area is 149 Å². The Kier molecular flexibility index (Phi) is 5.74. The molecule has 128 valence electrons. The van der Waals surface area contributed by atoms with Crippen LogP contribution in [0.2, 0.25) is 0 Å². The van der Waals surface area contributed by atoms with Gasteiger partial charge in [-0.1, -0.05) is 12.1 Å². The Bertz CT molecular complexity index is 659. The highest BCUT2D eigenvalue weighted by Gasteiger charge is 2.24. The zero-order valence-electron chi connectivity index (χ0n) is 14.8. The fourth-order valence-corrected chi connectivity index (χ4v) is 3.66. The Hall–Kier alpha value is -1.59. The molecule has 2 heterocycles. The molecule has 3 rings (SSSR count). The van der Waals surface area contributed by atoms with Crippen molar-refractivity contribution in [1.82, 2.24) is 14.9 Å². The summed E-state index contributed by atoms with van der Waals surface area (Å²) in [5, 5.41) is 0. The Morgan fingerprint density at radius 2 is 2.04 bits per heavy atom. The first-order valence-electron chi connectivity index (χ1n) is 8.53. The van der Waals surface area contributed by atoms with Crippen molar-refractivity contribution in [2.24, 2.45) is 0 Å². The van der Waals surface area contributed by atoms with E-state index in [0.29, 0.717) is 6.04 Å². The van der Waals surface area contributed by atoms with Gasteiger partial charge in [0.15, 0.2) is 0 Å². The van der Waals surface area contributed by atoms with Crippen LogP contribution in [-0.4, -0.2) is 47.3 Å². The molecule has 1 aliphatic rings. The maximum absolute atomic E-state index is 4.57. The van der Waals surface area contributed by atoms with E-state index in [2.05, 4.69) is 57.3 Å². The van der Waals surface area contributed by atoms with Crippen LogP contribution in [0.1, 0.15) is 24.1 Å². The van der Waals surface area contributed by atoms with Crippen molar-refractivity contribution in [2.45, 2.75) is 37.2 Å². The van der Waals surface area contributed by atoms with Crippen molar-refractivity contribution >= 4 is 17.7 Å². The summed E-state index contributed by atoms with van der Waals surface area (Å²) in [6, 6.07) is 11.4. The summed E-state index contributed by atoms with van der Waals surface area (Å²) in [6.07, 6.45) is 6.40. The lowest BCUT2D eigenvalue weighted by molar-refractivity contribution is 0.198. The number of rotatable bonds is 5. The van der Waals surface area contributed by atoms with E-state index in [1.54, 1.807) is 11.8 Å². The van der Waals surface area contributed by atoms with Crippen molar-refractivity contribution in [3.63, 3.8) is 0 Å². The van der Waals surface area contributed by atoms with Crippen LogP contribution in [0.3, 0.4) is 0 Å². The summed E-state index contributed by atoms with van der Waals surface area (Å²) in [5.41, 5.74) is 2.41. The Morgan fingerprint density at radius 1 is 1.25 bits per heavy atom. The van der Waals surface area contributed by atoms with Crippen LogP contribution < -0.4 is 4.90 Å². The lowest BCUT2D eigenvalue weighted by atomic mass is 10.0. The third-order valence-electron chi connectivity index (χ3n) is 4.69. The molecule has 0 aliphatic carbocycles. The fraction of sp³-hybridized carbons (Fsp3) is 0.474. The maximum Gasteiger partial charge on any atom is 0.225 e. The lowest BCUT2D eigenvalue weighted by Crippen LogP contribution is -2.46. The van der Waals surface area contributed by atoms with E-state index in [1.807, 2.05) is 19.2 Å².